The van der Waals surface area contributed by atoms with Gasteiger partial charge in [0.2, 0.25) is 5.82 Å². The van der Waals surface area contributed by atoms with E-state index in [1.165, 1.54) is 25.7 Å². The van der Waals surface area contributed by atoms with Gasteiger partial charge >= 0.3 is 0 Å². The predicted molar refractivity (Wildman–Crippen MR) is 78.5 cm³/mol. The molecule has 1 fully saturated rings. The van der Waals surface area contributed by atoms with Crippen LogP contribution in [-0.4, -0.2) is 21.2 Å². The zero-order chi connectivity index (χ0) is 14.5. The van der Waals surface area contributed by atoms with Gasteiger partial charge in [0.1, 0.15) is 6.10 Å². The van der Waals surface area contributed by atoms with E-state index in [1.54, 1.807) is 12.4 Å². The molecule has 1 aliphatic rings. The second kappa shape index (κ2) is 6.80. The van der Waals surface area contributed by atoms with Crippen molar-refractivity contribution in [2.24, 2.45) is 0 Å². The van der Waals surface area contributed by atoms with Crippen molar-refractivity contribution in [2.75, 3.05) is 0 Å². The quantitative estimate of drug-likeness (QED) is 0.797. The van der Waals surface area contributed by atoms with Gasteiger partial charge in [0, 0.05) is 18.0 Å². The normalized spacial score (nSPS) is 18.3. The average Bonchev–Trinajstić information content (AvgIpc) is 2.88. The summed E-state index contributed by atoms with van der Waals surface area (Å²) in [7, 11) is 0. The Morgan fingerprint density at radius 1 is 1.14 bits per heavy atom. The number of rotatable bonds is 4. The van der Waals surface area contributed by atoms with Crippen molar-refractivity contribution in [1.82, 2.24) is 15.1 Å². The summed E-state index contributed by atoms with van der Waals surface area (Å²) in [5, 5.41) is 4.03. The molecule has 1 aliphatic carbocycles. The highest BCUT2D eigenvalue weighted by molar-refractivity contribution is 5.52. The molecule has 1 unspecified atom stereocenters. The van der Waals surface area contributed by atoms with E-state index in [0.29, 0.717) is 17.8 Å². The largest absolute Gasteiger partial charge is 0.365 e. The lowest BCUT2D eigenvalue weighted by Gasteiger charge is -2.18. The monoisotopic (exact) mass is 287 g/mol. The van der Waals surface area contributed by atoms with Crippen LogP contribution in [0.3, 0.4) is 0 Å². The first-order chi connectivity index (χ1) is 10.3. The Bertz CT molecular complexity index is 548. The summed E-state index contributed by atoms with van der Waals surface area (Å²) < 4.78 is 11.4. The Morgan fingerprint density at radius 2 is 1.86 bits per heavy atom. The molecule has 2 heterocycles. The lowest BCUT2D eigenvalue weighted by Crippen LogP contribution is -2.14. The molecule has 0 N–H and O–H groups in total. The van der Waals surface area contributed by atoms with Crippen molar-refractivity contribution in [3.8, 4) is 11.4 Å². The van der Waals surface area contributed by atoms with Gasteiger partial charge < -0.3 is 9.26 Å². The molecule has 0 saturated heterocycles. The molecule has 0 radical (unpaired) electrons. The molecule has 0 spiro atoms. The molecule has 0 bridgehead atoms. The third-order valence-corrected chi connectivity index (χ3v) is 3.93. The van der Waals surface area contributed by atoms with Gasteiger partial charge in [-0.05, 0) is 31.9 Å². The van der Waals surface area contributed by atoms with Gasteiger partial charge in [-0.3, -0.25) is 4.98 Å². The van der Waals surface area contributed by atoms with Crippen molar-refractivity contribution in [1.29, 1.82) is 0 Å². The summed E-state index contributed by atoms with van der Waals surface area (Å²) in [6.07, 6.45) is 11.0. The van der Waals surface area contributed by atoms with Crippen molar-refractivity contribution in [2.45, 2.75) is 57.7 Å². The van der Waals surface area contributed by atoms with Crippen LogP contribution >= 0.6 is 0 Å². The summed E-state index contributed by atoms with van der Waals surface area (Å²) in [5.41, 5.74) is 0.904. The molecule has 1 atom stereocenters. The number of nitrogens with zero attached hydrogens (tertiary/aromatic N) is 3. The molecular formula is C16H21N3O2. The fraction of sp³-hybridized carbons (Fsp3) is 0.562. The van der Waals surface area contributed by atoms with Gasteiger partial charge in [-0.25, -0.2) is 0 Å². The van der Waals surface area contributed by atoms with Crippen LogP contribution in [0.1, 0.15) is 57.4 Å². The molecule has 0 amide bonds. The van der Waals surface area contributed by atoms with Crippen molar-refractivity contribution in [3.63, 3.8) is 0 Å². The molecule has 112 valence electrons. The third-order valence-electron chi connectivity index (χ3n) is 3.93. The van der Waals surface area contributed by atoms with E-state index in [0.717, 1.165) is 18.4 Å². The first-order valence-electron chi connectivity index (χ1n) is 7.72. The third kappa shape index (κ3) is 3.67. The Hall–Kier alpha value is -1.75. The topological polar surface area (TPSA) is 61.0 Å². The van der Waals surface area contributed by atoms with Gasteiger partial charge in [-0.1, -0.05) is 30.8 Å². The SMILES string of the molecule is CC(OC1CCCCCC1)c1nc(-c2ccncc2)no1. The van der Waals surface area contributed by atoms with E-state index in [9.17, 15) is 0 Å². The lowest BCUT2D eigenvalue weighted by atomic mass is 10.1. The fourth-order valence-electron chi connectivity index (χ4n) is 2.74. The van der Waals surface area contributed by atoms with Crippen LogP contribution in [0.25, 0.3) is 11.4 Å². The van der Waals surface area contributed by atoms with Crippen LogP contribution in [0.4, 0.5) is 0 Å². The molecule has 0 aromatic carbocycles. The molecular weight excluding hydrogens is 266 g/mol. The van der Waals surface area contributed by atoms with Crippen LogP contribution in [0.15, 0.2) is 29.0 Å². The first kappa shape index (κ1) is 14.2. The van der Waals surface area contributed by atoms with E-state index in [1.807, 2.05) is 19.1 Å². The molecule has 21 heavy (non-hydrogen) atoms. The Kier molecular flexibility index (Phi) is 4.60. The Labute approximate surface area is 124 Å². The van der Waals surface area contributed by atoms with E-state index < -0.39 is 0 Å². The van der Waals surface area contributed by atoms with Gasteiger partial charge in [0.25, 0.3) is 5.89 Å². The highest BCUT2D eigenvalue weighted by Gasteiger charge is 2.21. The van der Waals surface area contributed by atoms with Crippen molar-refractivity contribution in [3.05, 3.63) is 30.4 Å². The summed E-state index contributed by atoms with van der Waals surface area (Å²) >= 11 is 0. The molecule has 0 aliphatic heterocycles. The zero-order valence-corrected chi connectivity index (χ0v) is 12.4. The average molecular weight is 287 g/mol. The van der Waals surface area contributed by atoms with Gasteiger partial charge in [0.05, 0.1) is 6.10 Å². The van der Waals surface area contributed by atoms with Gasteiger partial charge in [-0.15, -0.1) is 0 Å². The van der Waals surface area contributed by atoms with Crippen molar-refractivity contribution >= 4 is 0 Å². The summed E-state index contributed by atoms with van der Waals surface area (Å²) in [4.78, 5) is 8.43. The standard InChI is InChI=1S/C16H21N3O2/c1-12(20-14-6-4-2-3-5-7-14)16-18-15(19-21-16)13-8-10-17-11-9-13/h8-12,14H,2-7H2,1H3. The van der Waals surface area contributed by atoms with E-state index in [2.05, 4.69) is 15.1 Å². The molecule has 1 saturated carbocycles. The van der Waals surface area contributed by atoms with E-state index in [4.69, 9.17) is 9.26 Å². The number of hydrogen-bond donors (Lipinski definition) is 0. The summed E-state index contributed by atoms with van der Waals surface area (Å²) in [6.45, 7) is 1.98. The highest BCUT2D eigenvalue weighted by Crippen LogP contribution is 2.26. The minimum atomic E-state index is -0.156. The van der Waals surface area contributed by atoms with Crippen LogP contribution in [-0.2, 0) is 4.74 Å². The summed E-state index contributed by atoms with van der Waals surface area (Å²) in [6, 6.07) is 3.73. The van der Waals surface area contributed by atoms with Crippen molar-refractivity contribution < 1.29 is 9.26 Å². The van der Waals surface area contributed by atoms with Gasteiger partial charge in [0.15, 0.2) is 0 Å². The predicted octanol–water partition coefficient (Wildman–Crippen LogP) is 3.93. The maximum Gasteiger partial charge on any atom is 0.255 e. The Morgan fingerprint density at radius 3 is 2.57 bits per heavy atom. The second-order valence-electron chi connectivity index (χ2n) is 5.58. The van der Waals surface area contributed by atoms with Crippen LogP contribution in [0.2, 0.25) is 0 Å². The number of hydrogen-bond acceptors (Lipinski definition) is 5. The molecule has 2 aromatic rings. The minimum Gasteiger partial charge on any atom is -0.365 e. The lowest BCUT2D eigenvalue weighted by molar-refractivity contribution is -0.0259. The molecule has 3 rings (SSSR count). The Balaban J connectivity index is 1.65. The number of aromatic nitrogens is 3. The minimum absolute atomic E-state index is 0.156. The molecule has 5 heteroatoms. The van der Waals surface area contributed by atoms with Crippen LogP contribution in [0.5, 0.6) is 0 Å². The summed E-state index contributed by atoms with van der Waals surface area (Å²) in [5.74, 6) is 1.13. The molecule has 5 nitrogen and oxygen atoms in total. The zero-order valence-electron chi connectivity index (χ0n) is 12.4. The smallest absolute Gasteiger partial charge is 0.255 e. The van der Waals surface area contributed by atoms with E-state index >= 15 is 0 Å². The van der Waals surface area contributed by atoms with Crippen LogP contribution < -0.4 is 0 Å². The maximum absolute atomic E-state index is 6.10. The first-order valence-corrected chi connectivity index (χ1v) is 7.72. The fourth-order valence-corrected chi connectivity index (χ4v) is 2.74. The second-order valence-corrected chi connectivity index (χ2v) is 5.58. The highest BCUT2D eigenvalue weighted by atomic mass is 16.5. The van der Waals surface area contributed by atoms with Crippen LogP contribution in [0, 0.1) is 0 Å². The maximum atomic E-state index is 6.10. The number of pyridine rings is 1. The number of ether oxygens (including phenoxy) is 1. The molecule has 2 aromatic heterocycles. The van der Waals surface area contributed by atoms with Gasteiger partial charge in [-0.2, -0.15) is 4.98 Å². The van der Waals surface area contributed by atoms with E-state index in [-0.39, 0.29) is 6.10 Å².